The normalized spacial score (nSPS) is 18.2. The standard InChI is InChI=1S/C16H22ClNO2/c1-2-7-18(11-14-6-8-20-12-14)16(19)10-13-4-3-5-15(17)9-13/h3-5,9,14H,2,6-8,10-12H2,1H3/t14-/m1/s1. The number of hydrogen-bond donors (Lipinski definition) is 0. The van der Waals surface area contributed by atoms with Crippen molar-refractivity contribution in [3.8, 4) is 0 Å². The highest BCUT2D eigenvalue weighted by atomic mass is 35.5. The van der Waals surface area contributed by atoms with E-state index < -0.39 is 0 Å². The van der Waals surface area contributed by atoms with Crippen molar-refractivity contribution in [3.63, 3.8) is 0 Å². The summed E-state index contributed by atoms with van der Waals surface area (Å²) in [7, 11) is 0. The van der Waals surface area contributed by atoms with E-state index in [1.54, 1.807) is 0 Å². The van der Waals surface area contributed by atoms with Gasteiger partial charge in [-0.05, 0) is 30.5 Å². The minimum atomic E-state index is 0.181. The quantitative estimate of drug-likeness (QED) is 0.807. The van der Waals surface area contributed by atoms with Gasteiger partial charge in [-0.15, -0.1) is 0 Å². The highest BCUT2D eigenvalue weighted by Gasteiger charge is 2.22. The summed E-state index contributed by atoms with van der Waals surface area (Å²) >= 11 is 5.97. The number of hydrogen-bond acceptors (Lipinski definition) is 2. The third-order valence-electron chi connectivity index (χ3n) is 3.59. The molecule has 1 atom stereocenters. The molecule has 0 N–H and O–H groups in total. The zero-order chi connectivity index (χ0) is 14.4. The molecule has 2 rings (SSSR count). The van der Waals surface area contributed by atoms with Crippen molar-refractivity contribution in [3.05, 3.63) is 34.9 Å². The molecule has 0 radical (unpaired) electrons. The number of ether oxygens (including phenoxy) is 1. The Bertz CT molecular complexity index is 444. The zero-order valence-corrected chi connectivity index (χ0v) is 12.7. The summed E-state index contributed by atoms with van der Waals surface area (Å²) in [5.41, 5.74) is 0.978. The van der Waals surface area contributed by atoms with Gasteiger partial charge in [-0.25, -0.2) is 0 Å². The lowest BCUT2D eigenvalue weighted by molar-refractivity contribution is -0.131. The van der Waals surface area contributed by atoms with E-state index in [1.165, 1.54) is 0 Å². The molecule has 110 valence electrons. The summed E-state index contributed by atoms with van der Waals surface area (Å²) in [6, 6.07) is 7.53. The predicted octanol–water partition coefficient (Wildman–Crippen LogP) is 3.16. The summed E-state index contributed by atoms with van der Waals surface area (Å²) in [5.74, 6) is 0.672. The highest BCUT2D eigenvalue weighted by molar-refractivity contribution is 6.30. The lowest BCUT2D eigenvalue weighted by atomic mass is 10.1. The SMILES string of the molecule is CCCN(C[C@H]1CCOC1)C(=O)Cc1cccc(Cl)c1. The predicted molar refractivity (Wildman–Crippen MR) is 81.0 cm³/mol. The molecule has 1 aromatic rings. The van der Waals surface area contributed by atoms with Crippen LogP contribution in [0.15, 0.2) is 24.3 Å². The van der Waals surface area contributed by atoms with E-state index in [1.807, 2.05) is 29.2 Å². The van der Waals surface area contributed by atoms with Crippen LogP contribution in [0.25, 0.3) is 0 Å². The van der Waals surface area contributed by atoms with E-state index in [2.05, 4.69) is 6.92 Å². The fourth-order valence-corrected chi connectivity index (χ4v) is 2.77. The summed E-state index contributed by atoms with van der Waals surface area (Å²) in [4.78, 5) is 14.4. The van der Waals surface area contributed by atoms with Gasteiger partial charge in [0.2, 0.25) is 5.91 Å². The van der Waals surface area contributed by atoms with Gasteiger partial charge in [-0.3, -0.25) is 4.79 Å². The molecule has 1 fully saturated rings. The second-order valence-corrected chi connectivity index (χ2v) is 5.81. The van der Waals surface area contributed by atoms with Crippen molar-refractivity contribution in [1.82, 2.24) is 4.90 Å². The first kappa shape index (κ1) is 15.3. The van der Waals surface area contributed by atoms with Gasteiger partial charge < -0.3 is 9.64 Å². The minimum Gasteiger partial charge on any atom is -0.381 e. The highest BCUT2D eigenvalue weighted by Crippen LogP contribution is 2.16. The van der Waals surface area contributed by atoms with Crippen LogP contribution in [0.1, 0.15) is 25.3 Å². The second kappa shape index (κ2) is 7.65. The molecule has 0 aromatic heterocycles. The lowest BCUT2D eigenvalue weighted by Crippen LogP contribution is -2.37. The third-order valence-corrected chi connectivity index (χ3v) is 3.83. The molecule has 1 aromatic carbocycles. The molecular formula is C16H22ClNO2. The number of carbonyl (C=O) groups excluding carboxylic acids is 1. The first-order valence-electron chi connectivity index (χ1n) is 7.29. The Morgan fingerprint density at radius 2 is 2.35 bits per heavy atom. The van der Waals surface area contributed by atoms with E-state index in [9.17, 15) is 4.79 Å². The first-order valence-corrected chi connectivity index (χ1v) is 7.66. The monoisotopic (exact) mass is 295 g/mol. The lowest BCUT2D eigenvalue weighted by Gasteiger charge is -2.25. The van der Waals surface area contributed by atoms with Crippen LogP contribution in [0, 0.1) is 5.92 Å². The van der Waals surface area contributed by atoms with Crippen molar-refractivity contribution in [2.45, 2.75) is 26.2 Å². The van der Waals surface area contributed by atoms with Crippen LogP contribution in [0.2, 0.25) is 5.02 Å². The number of rotatable bonds is 6. The molecule has 4 heteroatoms. The van der Waals surface area contributed by atoms with Gasteiger partial charge >= 0.3 is 0 Å². The van der Waals surface area contributed by atoms with Crippen molar-refractivity contribution in [2.24, 2.45) is 5.92 Å². The molecule has 1 heterocycles. The molecule has 0 bridgehead atoms. The average molecular weight is 296 g/mol. The molecule has 1 saturated heterocycles. The maximum absolute atomic E-state index is 12.4. The van der Waals surface area contributed by atoms with Crippen molar-refractivity contribution in [1.29, 1.82) is 0 Å². The van der Waals surface area contributed by atoms with Crippen LogP contribution in [-0.4, -0.2) is 37.1 Å². The fraction of sp³-hybridized carbons (Fsp3) is 0.562. The van der Waals surface area contributed by atoms with Gasteiger partial charge in [0, 0.05) is 30.6 Å². The molecule has 3 nitrogen and oxygen atoms in total. The van der Waals surface area contributed by atoms with E-state index in [4.69, 9.17) is 16.3 Å². The largest absolute Gasteiger partial charge is 0.381 e. The molecule has 0 unspecified atom stereocenters. The summed E-state index contributed by atoms with van der Waals surface area (Å²) in [5, 5.41) is 0.682. The number of benzene rings is 1. The molecule has 0 spiro atoms. The Labute approximate surface area is 125 Å². The maximum atomic E-state index is 12.4. The molecule has 20 heavy (non-hydrogen) atoms. The summed E-state index contributed by atoms with van der Waals surface area (Å²) < 4.78 is 5.39. The third kappa shape index (κ3) is 4.50. The first-order chi connectivity index (χ1) is 9.69. The van der Waals surface area contributed by atoms with Crippen LogP contribution in [-0.2, 0) is 16.0 Å². The van der Waals surface area contributed by atoms with E-state index >= 15 is 0 Å². The topological polar surface area (TPSA) is 29.5 Å². The molecule has 0 saturated carbocycles. The fourth-order valence-electron chi connectivity index (χ4n) is 2.56. The van der Waals surface area contributed by atoms with Crippen molar-refractivity contribution < 1.29 is 9.53 Å². The van der Waals surface area contributed by atoms with Crippen LogP contribution in [0.5, 0.6) is 0 Å². The molecule has 1 amide bonds. The Hall–Kier alpha value is -1.06. The summed E-state index contributed by atoms with van der Waals surface area (Å²) in [6.07, 6.45) is 2.47. The summed E-state index contributed by atoms with van der Waals surface area (Å²) in [6.45, 7) is 5.34. The van der Waals surface area contributed by atoms with Gasteiger partial charge in [0.05, 0.1) is 13.0 Å². The molecular weight excluding hydrogens is 274 g/mol. The van der Waals surface area contributed by atoms with Gasteiger partial charge in [-0.1, -0.05) is 30.7 Å². The van der Waals surface area contributed by atoms with Crippen LogP contribution < -0.4 is 0 Å². The Morgan fingerprint density at radius 3 is 3.00 bits per heavy atom. The van der Waals surface area contributed by atoms with Crippen LogP contribution in [0.4, 0.5) is 0 Å². The maximum Gasteiger partial charge on any atom is 0.227 e. The van der Waals surface area contributed by atoms with E-state index in [0.717, 1.165) is 44.7 Å². The Morgan fingerprint density at radius 1 is 1.50 bits per heavy atom. The Balaban J connectivity index is 1.95. The van der Waals surface area contributed by atoms with Gasteiger partial charge in [0.15, 0.2) is 0 Å². The van der Waals surface area contributed by atoms with E-state index in [-0.39, 0.29) is 5.91 Å². The number of nitrogens with zero attached hydrogens (tertiary/aromatic N) is 1. The van der Waals surface area contributed by atoms with Gasteiger partial charge in [-0.2, -0.15) is 0 Å². The Kier molecular flexibility index (Phi) is 5.86. The van der Waals surface area contributed by atoms with Crippen molar-refractivity contribution >= 4 is 17.5 Å². The van der Waals surface area contributed by atoms with Crippen LogP contribution in [0.3, 0.4) is 0 Å². The van der Waals surface area contributed by atoms with Crippen molar-refractivity contribution in [2.75, 3.05) is 26.3 Å². The smallest absolute Gasteiger partial charge is 0.227 e. The average Bonchev–Trinajstić information content (AvgIpc) is 2.91. The molecule has 0 aliphatic carbocycles. The van der Waals surface area contributed by atoms with Gasteiger partial charge in [0.1, 0.15) is 0 Å². The number of halogens is 1. The second-order valence-electron chi connectivity index (χ2n) is 5.38. The molecule has 1 aliphatic rings. The van der Waals surface area contributed by atoms with Crippen LogP contribution >= 0.6 is 11.6 Å². The number of amides is 1. The number of carbonyl (C=O) groups is 1. The zero-order valence-electron chi connectivity index (χ0n) is 12.0. The van der Waals surface area contributed by atoms with E-state index in [0.29, 0.717) is 17.4 Å². The van der Waals surface area contributed by atoms with Gasteiger partial charge in [0.25, 0.3) is 0 Å². The molecule has 1 aliphatic heterocycles. The minimum absolute atomic E-state index is 0.181.